The Morgan fingerprint density at radius 1 is 0.455 bits per heavy atom. The van der Waals surface area contributed by atoms with E-state index in [-0.39, 0.29) is 49.6 Å². The van der Waals surface area contributed by atoms with E-state index in [0.717, 1.165) is 64.3 Å². The van der Waals surface area contributed by atoms with Gasteiger partial charge in [0, 0.05) is 25.7 Å². The zero-order valence-corrected chi connectivity index (χ0v) is 44.0. The summed E-state index contributed by atoms with van der Waals surface area (Å²) < 4.78 is 11.1. The van der Waals surface area contributed by atoms with Crippen molar-refractivity contribution >= 4 is 29.8 Å². The minimum Gasteiger partial charge on any atom is -0.481 e. The molecule has 0 amide bonds. The maximum Gasteiger partial charge on any atom is 0.310 e. The Balaban J connectivity index is 0. The van der Waals surface area contributed by atoms with Gasteiger partial charge in [0.15, 0.2) is 0 Å². The van der Waals surface area contributed by atoms with Gasteiger partial charge in [0.05, 0.1) is 5.41 Å². The second-order valence-corrected chi connectivity index (χ2v) is 19.7. The van der Waals surface area contributed by atoms with Crippen LogP contribution in [0.15, 0.2) is 0 Å². The summed E-state index contributed by atoms with van der Waals surface area (Å²) in [6.45, 7) is 11.6. The molecule has 0 fully saturated rings. The van der Waals surface area contributed by atoms with E-state index in [1.165, 1.54) is 128 Å². The Kier molecular flexibility index (Phi) is 45.6. The van der Waals surface area contributed by atoms with Crippen molar-refractivity contribution in [1.82, 2.24) is 4.90 Å². The Bertz CT molecular complexity index is 1090. The minimum atomic E-state index is -0.870. The molecule has 0 heterocycles. The summed E-state index contributed by atoms with van der Waals surface area (Å²) in [6, 6.07) is 0. The topological polar surface area (TPSA) is 168 Å². The quantitative estimate of drug-likeness (QED) is 0.0392. The van der Waals surface area contributed by atoms with Crippen molar-refractivity contribution < 1.29 is 48.8 Å². The number of carbonyl (C=O) groups excluding carboxylic acids is 2. The molecule has 1 atom stereocenters. The summed E-state index contributed by atoms with van der Waals surface area (Å²) in [4.78, 5) is 61.4. The van der Waals surface area contributed by atoms with Crippen molar-refractivity contribution in [2.24, 2.45) is 17.3 Å². The van der Waals surface area contributed by atoms with E-state index in [0.29, 0.717) is 32.1 Å². The number of nitrogens with zero attached hydrogens (tertiary/aromatic N) is 1. The van der Waals surface area contributed by atoms with Gasteiger partial charge < -0.3 is 29.7 Å². The van der Waals surface area contributed by atoms with Gasteiger partial charge in [-0.05, 0) is 97.2 Å². The second-order valence-electron chi connectivity index (χ2n) is 19.7. The molecule has 11 nitrogen and oxygen atoms in total. The minimum absolute atomic E-state index is 0.0275. The van der Waals surface area contributed by atoms with Crippen LogP contribution in [0.4, 0.5) is 0 Å². The fourth-order valence-electron chi connectivity index (χ4n) is 9.42. The predicted molar refractivity (Wildman–Crippen MR) is 271 cm³/mol. The lowest BCUT2D eigenvalue weighted by Gasteiger charge is -2.44. The van der Waals surface area contributed by atoms with Gasteiger partial charge in [-0.25, -0.2) is 0 Å². The van der Waals surface area contributed by atoms with Crippen molar-refractivity contribution in [3.63, 3.8) is 0 Å². The molecule has 0 aromatic rings. The molecule has 3 N–H and O–H groups in total. The molecule has 0 aliphatic rings. The largest absolute Gasteiger partial charge is 0.481 e. The van der Waals surface area contributed by atoms with E-state index in [1.807, 2.05) is 19.0 Å². The number of carboxylic acids is 3. The molecule has 0 bridgehead atoms. The fraction of sp³-hybridized carbons (Fsp3) is 0.909. The van der Waals surface area contributed by atoms with E-state index in [9.17, 15) is 29.1 Å². The fourth-order valence-corrected chi connectivity index (χ4v) is 9.42. The van der Waals surface area contributed by atoms with Gasteiger partial charge in [-0.3, -0.25) is 24.0 Å². The normalized spacial score (nSPS) is 12.0. The summed E-state index contributed by atoms with van der Waals surface area (Å²) in [7, 11) is 3.95. The van der Waals surface area contributed by atoms with Crippen LogP contribution < -0.4 is 0 Å². The molecule has 0 aliphatic heterocycles. The van der Waals surface area contributed by atoms with Crippen LogP contribution in [0.1, 0.15) is 272 Å². The molecule has 0 saturated heterocycles. The number of esters is 2. The highest BCUT2D eigenvalue weighted by Crippen LogP contribution is 2.50. The van der Waals surface area contributed by atoms with Gasteiger partial charge in [-0.1, -0.05) is 182 Å². The Labute approximate surface area is 405 Å². The zero-order chi connectivity index (χ0) is 49.7. The number of hydrogen-bond donors (Lipinski definition) is 3. The monoisotopic (exact) mass is 940 g/mol. The summed E-state index contributed by atoms with van der Waals surface area (Å²) in [5.74, 6) is -2.73. The number of hydrogen-bond acceptors (Lipinski definition) is 8. The summed E-state index contributed by atoms with van der Waals surface area (Å²) in [6.07, 6.45) is 35.7. The number of rotatable bonds is 47. The highest BCUT2D eigenvalue weighted by Gasteiger charge is 2.50. The molecule has 1 unspecified atom stereocenters. The lowest BCUT2D eigenvalue weighted by Crippen LogP contribution is -2.46. The predicted octanol–water partition coefficient (Wildman–Crippen LogP) is 15.0. The number of aliphatic carboxylic acids is 3. The molecule has 390 valence electrons. The van der Waals surface area contributed by atoms with Crippen LogP contribution in [-0.4, -0.2) is 83.4 Å². The Morgan fingerprint density at radius 3 is 1.14 bits per heavy atom. The molecule has 0 radical (unpaired) electrons. The SMILES string of the molecule is CCCCCCCCC(CCCCCCCC)C(CCCC(=O)OCC(C)OC(=O)CCCN(C)C)(C(=O)O)C(CCCCCCCC)CCCCCCCC.O=C(O)CCCCC(=O)O. The summed E-state index contributed by atoms with van der Waals surface area (Å²) >= 11 is 0. The average molecular weight is 940 g/mol. The standard InChI is InChI=1S/C49H95NO6.C6H10O4/c1-8-12-16-20-24-28-34-44(35-29-25-21-17-13-9-2)49(48(53)54,45(36-30-26-22-18-14-10-3)37-31-27-23-19-15-11-4)40-32-38-46(51)55-42-43(5)56-47(52)39-33-41-50(6)7;7-5(8)3-1-2-4-6(9)10/h43-45H,8-42H2,1-7H3,(H,53,54);1-4H2,(H,7,8)(H,9,10). The first-order chi connectivity index (χ1) is 31.7. The maximum atomic E-state index is 14.1. The van der Waals surface area contributed by atoms with Crippen LogP contribution >= 0.6 is 0 Å². The van der Waals surface area contributed by atoms with Gasteiger partial charge in [-0.2, -0.15) is 0 Å². The lowest BCUT2D eigenvalue weighted by atomic mass is 9.58. The Morgan fingerprint density at radius 2 is 0.803 bits per heavy atom. The third-order valence-corrected chi connectivity index (χ3v) is 13.3. The molecular weight excluding hydrogens is 835 g/mol. The van der Waals surface area contributed by atoms with Crippen molar-refractivity contribution in [3.8, 4) is 0 Å². The highest BCUT2D eigenvalue weighted by atomic mass is 16.6. The second kappa shape index (κ2) is 46.1. The first kappa shape index (κ1) is 65.4. The summed E-state index contributed by atoms with van der Waals surface area (Å²) in [5, 5.41) is 27.9. The highest BCUT2D eigenvalue weighted by molar-refractivity contribution is 5.76. The molecule has 0 saturated carbocycles. The molecule has 0 aromatic heterocycles. The van der Waals surface area contributed by atoms with Crippen LogP contribution in [0, 0.1) is 17.3 Å². The van der Waals surface area contributed by atoms with Crippen LogP contribution in [0.2, 0.25) is 0 Å². The first-order valence-corrected chi connectivity index (χ1v) is 27.4. The van der Waals surface area contributed by atoms with Gasteiger partial charge >= 0.3 is 29.8 Å². The number of unbranched alkanes of at least 4 members (excludes halogenated alkanes) is 21. The van der Waals surface area contributed by atoms with Crippen molar-refractivity contribution in [2.75, 3.05) is 27.2 Å². The molecule has 66 heavy (non-hydrogen) atoms. The van der Waals surface area contributed by atoms with E-state index >= 15 is 0 Å². The number of carboxylic acid groups (broad SMARTS) is 3. The van der Waals surface area contributed by atoms with Gasteiger partial charge in [0.1, 0.15) is 12.7 Å². The molecule has 0 aliphatic carbocycles. The van der Waals surface area contributed by atoms with Crippen molar-refractivity contribution in [3.05, 3.63) is 0 Å². The van der Waals surface area contributed by atoms with Gasteiger partial charge in [0.25, 0.3) is 0 Å². The van der Waals surface area contributed by atoms with Gasteiger partial charge in [0.2, 0.25) is 0 Å². The molecular formula is C55H105NO10. The van der Waals surface area contributed by atoms with Crippen molar-refractivity contribution in [2.45, 2.75) is 278 Å². The van der Waals surface area contributed by atoms with Gasteiger partial charge in [-0.15, -0.1) is 0 Å². The van der Waals surface area contributed by atoms with E-state index < -0.39 is 29.4 Å². The molecule has 0 aromatic carbocycles. The maximum absolute atomic E-state index is 14.1. The third-order valence-electron chi connectivity index (χ3n) is 13.3. The third kappa shape index (κ3) is 38.3. The van der Waals surface area contributed by atoms with Crippen LogP contribution in [0.3, 0.4) is 0 Å². The van der Waals surface area contributed by atoms with E-state index in [2.05, 4.69) is 27.7 Å². The smallest absolute Gasteiger partial charge is 0.310 e. The average Bonchev–Trinajstić information content (AvgIpc) is 3.26. The first-order valence-electron chi connectivity index (χ1n) is 27.4. The van der Waals surface area contributed by atoms with Crippen molar-refractivity contribution in [1.29, 1.82) is 0 Å². The van der Waals surface area contributed by atoms with Crippen LogP contribution in [0.25, 0.3) is 0 Å². The lowest BCUT2D eigenvalue weighted by molar-refractivity contribution is -0.162. The van der Waals surface area contributed by atoms with E-state index in [1.54, 1.807) is 6.92 Å². The zero-order valence-electron chi connectivity index (χ0n) is 44.0. The van der Waals surface area contributed by atoms with Crippen LogP contribution in [-0.2, 0) is 33.4 Å². The Hall–Kier alpha value is -2.69. The number of ether oxygens (including phenoxy) is 2. The molecule has 0 spiro atoms. The molecule has 11 heteroatoms. The number of carbonyl (C=O) groups is 5. The van der Waals surface area contributed by atoms with Crippen LogP contribution in [0.5, 0.6) is 0 Å². The summed E-state index contributed by atoms with van der Waals surface area (Å²) in [5.41, 5.74) is -0.838. The van der Waals surface area contributed by atoms with E-state index in [4.69, 9.17) is 19.7 Å². The molecule has 0 rings (SSSR count).